The van der Waals surface area contributed by atoms with Gasteiger partial charge < -0.3 is 15.6 Å². The van der Waals surface area contributed by atoms with E-state index >= 15 is 0 Å². The molecule has 1 rings (SSSR count). The van der Waals surface area contributed by atoms with Gasteiger partial charge in [-0.15, -0.1) is 0 Å². The molecule has 86 valence electrons. The largest absolute Gasteiger partial charge is 0.595 e. The molecule has 0 fully saturated rings. The van der Waals surface area contributed by atoms with Gasteiger partial charge in [0.15, 0.2) is 5.69 Å². The van der Waals surface area contributed by atoms with Crippen molar-refractivity contribution >= 4 is 23.3 Å². The van der Waals surface area contributed by atoms with Gasteiger partial charge in [-0.1, -0.05) is 0 Å². The first-order valence-corrected chi connectivity index (χ1v) is 4.30. The van der Waals surface area contributed by atoms with Gasteiger partial charge in [0, 0.05) is 18.7 Å². The predicted octanol–water partition coefficient (Wildman–Crippen LogP) is -0.253. The molecular formula is C9H10N2O5. The molecule has 0 aliphatic carbocycles. The highest BCUT2D eigenvalue weighted by molar-refractivity contribution is 5.96. The van der Waals surface area contributed by atoms with Crippen LogP contribution in [0.1, 0.15) is 17.3 Å². The Morgan fingerprint density at radius 1 is 1.44 bits per heavy atom. The Labute approximate surface area is 90.4 Å². The Morgan fingerprint density at radius 3 is 2.50 bits per heavy atom. The Bertz CT molecular complexity index is 430. The molecule has 7 nitrogen and oxygen atoms in total. The van der Waals surface area contributed by atoms with Gasteiger partial charge in [-0.05, 0) is 12.1 Å². The first kappa shape index (κ1) is 12.1. The molecule has 1 atom stereocenters. The van der Waals surface area contributed by atoms with Crippen molar-refractivity contribution in [3.8, 4) is 0 Å². The normalized spacial score (nSPS) is 11.9. The number of carboxylic acid groups (broad SMARTS) is 1. The fourth-order valence-electron chi connectivity index (χ4n) is 1.19. The second-order valence-electron chi connectivity index (χ2n) is 3.05. The zero-order chi connectivity index (χ0) is 12.3. The van der Waals surface area contributed by atoms with E-state index in [1.165, 1.54) is 13.0 Å². The molecule has 0 heterocycles. The van der Waals surface area contributed by atoms with Crippen LogP contribution in [0.2, 0.25) is 0 Å². The zero-order valence-corrected chi connectivity index (χ0v) is 8.35. The van der Waals surface area contributed by atoms with Crippen LogP contribution in [0.25, 0.3) is 0 Å². The molecule has 0 radical (unpaired) electrons. The van der Waals surface area contributed by atoms with Gasteiger partial charge in [0.2, 0.25) is 5.91 Å². The van der Waals surface area contributed by atoms with Crippen LogP contribution >= 0.6 is 0 Å². The fraction of sp³-hybridized carbons (Fsp3) is 0.111. The van der Waals surface area contributed by atoms with Crippen LogP contribution in [0.5, 0.6) is 0 Å². The van der Waals surface area contributed by atoms with E-state index < -0.39 is 11.2 Å². The van der Waals surface area contributed by atoms with E-state index in [1.807, 2.05) is 0 Å². The lowest BCUT2D eigenvalue weighted by atomic mass is 10.1. The van der Waals surface area contributed by atoms with E-state index in [0.717, 1.165) is 12.1 Å². The van der Waals surface area contributed by atoms with Crippen molar-refractivity contribution in [3.63, 3.8) is 0 Å². The molecule has 0 aliphatic heterocycles. The minimum absolute atomic E-state index is 0.245. The highest BCUT2D eigenvalue weighted by Gasteiger charge is 2.16. The van der Waals surface area contributed by atoms with Gasteiger partial charge in [-0.25, -0.2) is 10.0 Å². The number of carbonyl (C=O) groups is 2. The summed E-state index contributed by atoms with van der Waals surface area (Å²) in [6.07, 6.45) is 0. The van der Waals surface area contributed by atoms with Crippen molar-refractivity contribution in [3.05, 3.63) is 29.0 Å². The zero-order valence-electron chi connectivity index (χ0n) is 8.35. The van der Waals surface area contributed by atoms with E-state index in [0.29, 0.717) is 0 Å². The minimum Gasteiger partial charge on any atom is -0.595 e. The van der Waals surface area contributed by atoms with E-state index in [1.54, 1.807) is 0 Å². The number of carbonyl (C=O) groups excluding carboxylic acids is 1. The Morgan fingerprint density at radius 2 is 2.06 bits per heavy atom. The molecule has 0 spiro atoms. The highest BCUT2D eigenvalue weighted by Crippen LogP contribution is 2.17. The summed E-state index contributed by atoms with van der Waals surface area (Å²) in [6, 6.07) is 3.57. The third-order valence-corrected chi connectivity index (χ3v) is 1.80. The van der Waals surface area contributed by atoms with E-state index in [-0.39, 0.29) is 22.8 Å². The maximum Gasteiger partial charge on any atom is 0.341 e. The number of amides is 1. The summed E-state index contributed by atoms with van der Waals surface area (Å²) in [7, 11) is 0. The average Bonchev–Trinajstić information content (AvgIpc) is 2.16. The molecule has 1 unspecified atom stereocenters. The van der Waals surface area contributed by atoms with E-state index in [4.69, 9.17) is 10.3 Å². The SMILES string of the molecule is CC(=O)Nc1ccc([NH+]([O-])O)c(C(=O)O)c1. The summed E-state index contributed by atoms with van der Waals surface area (Å²) in [5.41, 5.74) is -0.435. The topological polar surface area (TPSA) is 114 Å². The molecule has 0 aliphatic rings. The van der Waals surface area contributed by atoms with Crippen molar-refractivity contribution < 1.29 is 25.1 Å². The number of rotatable bonds is 3. The lowest BCUT2D eigenvalue weighted by Gasteiger charge is -2.14. The monoisotopic (exact) mass is 226 g/mol. The summed E-state index contributed by atoms with van der Waals surface area (Å²) in [5, 5.41) is 29.3. The van der Waals surface area contributed by atoms with E-state index in [2.05, 4.69) is 5.32 Å². The van der Waals surface area contributed by atoms with Gasteiger partial charge in [-0.3, -0.25) is 4.79 Å². The average molecular weight is 226 g/mol. The second kappa shape index (κ2) is 4.71. The number of hydrogen-bond acceptors (Lipinski definition) is 4. The lowest BCUT2D eigenvalue weighted by molar-refractivity contribution is -0.991. The lowest BCUT2D eigenvalue weighted by Crippen LogP contribution is -2.99. The molecule has 1 aromatic carbocycles. The first-order valence-electron chi connectivity index (χ1n) is 4.30. The van der Waals surface area contributed by atoms with Crippen molar-refractivity contribution in [2.24, 2.45) is 0 Å². The molecule has 1 aromatic rings. The summed E-state index contributed by atoms with van der Waals surface area (Å²) < 4.78 is 0. The third kappa shape index (κ3) is 2.76. The number of quaternary nitrogens is 1. The smallest absolute Gasteiger partial charge is 0.341 e. The summed E-state index contributed by atoms with van der Waals surface area (Å²) in [5.74, 6) is -1.72. The van der Waals surface area contributed by atoms with Gasteiger partial charge >= 0.3 is 5.97 Å². The second-order valence-corrected chi connectivity index (χ2v) is 3.05. The van der Waals surface area contributed by atoms with Crippen molar-refractivity contribution in [2.75, 3.05) is 5.32 Å². The standard InChI is InChI=1S/C9H10N2O5/c1-5(12)10-6-2-3-8(11(15)16)7(4-6)9(13)14/h2-4,11,15H,1H3,(H,10,12)(H,13,14). The van der Waals surface area contributed by atoms with Gasteiger partial charge in [0.05, 0.1) is 0 Å². The number of hydrogen-bond donors (Lipinski definition) is 4. The van der Waals surface area contributed by atoms with Crippen LogP contribution in [0, 0.1) is 5.21 Å². The quantitative estimate of drug-likeness (QED) is 0.530. The molecule has 0 aromatic heterocycles. The summed E-state index contributed by atoms with van der Waals surface area (Å²) >= 11 is 0. The number of nitrogens with one attached hydrogen (secondary N) is 2. The van der Waals surface area contributed by atoms with Crippen LogP contribution in [0.3, 0.4) is 0 Å². The predicted molar refractivity (Wildman–Crippen MR) is 53.5 cm³/mol. The Hall–Kier alpha value is -1.96. The van der Waals surface area contributed by atoms with Crippen LogP contribution in [0.4, 0.5) is 11.4 Å². The van der Waals surface area contributed by atoms with Gasteiger partial charge in [0.25, 0.3) is 0 Å². The molecule has 0 saturated carbocycles. The van der Waals surface area contributed by atoms with Crippen LogP contribution in [-0.2, 0) is 4.79 Å². The maximum atomic E-state index is 10.8. The molecule has 7 heteroatoms. The van der Waals surface area contributed by atoms with E-state index in [9.17, 15) is 14.8 Å². The molecule has 1 amide bonds. The number of aromatic carboxylic acids is 1. The van der Waals surface area contributed by atoms with Crippen molar-refractivity contribution in [2.45, 2.75) is 6.92 Å². The minimum atomic E-state index is -1.36. The van der Waals surface area contributed by atoms with Crippen LogP contribution in [-0.4, -0.2) is 22.2 Å². The molecule has 0 saturated heterocycles. The van der Waals surface area contributed by atoms with Gasteiger partial charge in [-0.2, -0.15) is 5.23 Å². The highest BCUT2D eigenvalue weighted by atomic mass is 16.8. The first-order chi connectivity index (χ1) is 7.41. The Kier molecular flexibility index (Phi) is 3.56. The third-order valence-electron chi connectivity index (χ3n) is 1.80. The maximum absolute atomic E-state index is 10.8. The molecule has 4 N–H and O–H groups in total. The summed E-state index contributed by atoms with van der Waals surface area (Å²) in [4.78, 5) is 21.5. The number of benzene rings is 1. The molecular weight excluding hydrogens is 216 g/mol. The molecule has 0 bridgehead atoms. The fourth-order valence-corrected chi connectivity index (χ4v) is 1.19. The number of carboxylic acids is 1. The number of anilines is 1. The van der Waals surface area contributed by atoms with Gasteiger partial charge in [0.1, 0.15) is 5.56 Å². The van der Waals surface area contributed by atoms with Crippen LogP contribution < -0.4 is 10.5 Å². The molecule has 16 heavy (non-hydrogen) atoms. The van der Waals surface area contributed by atoms with Crippen molar-refractivity contribution in [1.82, 2.24) is 0 Å². The Balaban J connectivity index is 3.17. The summed E-state index contributed by atoms with van der Waals surface area (Å²) in [6.45, 7) is 1.27. The van der Waals surface area contributed by atoms with Crippen LogP contribution in [0.15, 0.2) is 18.2 Å². The van der Waals surface area contributed by atoms with Crippen molar-refractivity contribution in [1.29, 1.82) is 0 Å².